The van der Waals surface area contributed by atoms with Crippen molar-refractivity contribution < 1.29 is 14.3 Å². The minimum atomic E-state index is -0.554. The molecule has 0 aromatic rings. The molecule has 0 bridgehead atoms. The summed E-state index contributed by atoms with van der Waals surface area (Å²) >= 11 is 0. The summed E-state index contributed by atoms with van der Waals surface area (Å²) in [6.07, 6.45) is 3.60. The Morgan fingerprint density at radius 3 is 2.53 bits per heavy atom. The number of hydrogen-bond donors (Lipinski definition) is 0. The Balaban J connectivity index is 4.14. The lowest BCUT2D eigenvalue weighted by atomic mass is 9.87. The van der Waals surface area contributed by atoms with Crippen molar-refractivity contribution in [2.24, 2.45) is 5.41 Å². The van der Waals surface area contributed by atoms with Crippen molar-refractivity contribution in [3.8, 4) is 0 Å². The van der Waals surface area contributed by atoms with Gasteiger partial charge in [-0.05, 0) is 20.3 Å². The molecule has 0 radical (unpaired) electrons. The van der Waals surface area contributed by atoms with Crippen LogP contribution >= 0.6 is 0 Å². The molecule has 3 nitrogen and oxygen atoms in total. The second kappa shape index (κ2) is 6.38. The highest BCUT2D eigenvalue weighted by Gasteiger charge is 2.25. The van der Waals surface area contributed by atoms with Gasteiger partial charge < -0.3 is 9.53 Å². The molecule has 0 amide bonds. The van der Waals surface area contributed by atoms with Crippen molar-refractivity contribution in [1.82, 2.24) is 0 Å². The van der Waals surface area contributed by atoms with Gasteiger partial charge in [0.2, 0.25) is 0 Å². The molecule has 0 aliphatic heterocycles. The first kappa shape index (κ1) is 13.9. The number of esters is 1. The van der Waals surface area contributed by atoms with Crippen molar-refractivity contribution in [2.45, 2.75) is 40.0 Å². The summed E-state index contributed by atoms with van der Waals surface area (Å²) in [4.78, 5) is 22.0. The molecule has 0 aliphatic rings. The van der Waals surface area contributed by atoms with Crippen LogP contribution in [0.1, 0.15) is 40.0 Å². The molecule has 0 N–H and O–H groups in total. The van der Waals surface area contributed by atoms with Crippen LogP contribution in [-0.4, -0.2) is 18.9 Å². The predicted molar refractivity (Wildman–Crippen MR) is 59.5 cm³/mol. The normalized spacial score (nSPS) is 14.1. The zero-order chi connectivity index (χ0) is 11.9. The number of aldehydes is 1. The van der Waals surface area contributed by atoms with Crippen LogP contribution in [0.3, 0.4) is 0 Å². The Hall–Kier alpha value is -1.12. The Labute approximate surface area is 91.5 Å². The summed E-state index contributed by atoms with van der Waals surface area (Å²) in [5.74, 6) is -0.431. The van der Waals surface area contributed by atoms with E-state index in [2.05, 4.69) is 13.5 Å². The molecule has 3 heteroatoms. The quantitative estimate of drug-likeness (QED) is 0.370. The Bertz CT molecular complexity index is 245. The molecule has 0 saturated heterocycles. The second-order valence-corrected chi connectivity index (χ2v) is 4.23. The SMILES string of the molecule is C=C(C)C(=O)OCC(C)(C=O)CCCC. The number of hydrogen-bond acceptors (Lipinski definition) is 3. The lowest BCUT2D eigenvalue weighted by Crippen LogP contribution is -2.27. The number of carbonyl (C=O) groups is 2. The fourth-order valence-corrected chi connectivity index (χ4v) is 1.10. The first-order valence-corrected chi connectivity index (χ1v) is 5.24. The smallest absolute Gasteiger partial charge is 0.333 e. The van der Waals surface area contributed by atoms with Crippen molar-refractivity contribution in [3.05, 3.63) is 12.2 Å². The molecule has 0 saturated carbocycles. The maximum atomic E-state index is 11.1. The topological polar surface area (TPSA) is 43.4 Å². The molecule has 0 heterocycles. The van der Waals surface area contributed by atoms with Gasteiger partial charge in [-0.25, -0.2) is 4.79 Å². The number of ether oxygens (including phenoxy) is 1. The first-order valence-electron chi connectivity index (χ1n) is 5.24. The lowest BCUT2D eigenvalue weighted by Gasteiger charge is -2.22. The summed E-state index contributed by atoms with van der Waals surface area (Å²) in [7, 11) is 0. The highest BCUT2D eigenvalue weighted by molar-refractivity contribution is 5.87. The van der Waals surface area contributed by atoms with E-state index in [0.29, 0.717) is 5.57 Å². The minimum absolute atomic E-state index is 0.141. The first-order chi connectivity index (χ1) is 6.95. The molecule has 0 aromatic carbocycles. The van der Waals surface area contributed by atoms with Gasteiger partial charge in [-0.15, -0.1) is 0 Å². The molecular weight excluding hydrogens is 192 g/mol. The van der Waals surface area contributed by atoms with Gasteiger partial charge in [-0.1, -0.05) is 26.3 Å². The Kier molecular flexibility index (Phi) is 5.90. The third-order valence-corrected chi connectivity index (χ3v) is 2.27. The van der Waals surface area contributed by atoms with E-state index in [1.807, 2.05) is 0 Å². The van der Waals surface area contributed by atoms with Crippen LogP contribution in [0.25, 0.3) is 0 Å². The zero-order valence-corrected chi connectivity index (χ0v) is 9.84. The van der Waals surface area contributed by atoms with Crippen LogP contribution < -0.4 is 0 Å². The van der Waals surface area contributed by atoms with E-state index in [-0.39, 0.29) is 6.61 Å². The third-order valence-electron chi connectivity index (χ3n) is 2.27. The van der Waals surface area contributed by atoms with Gasteiger partial charge in [0.1, 0.15) is 12.9 Å². The highest BCUT2D eigenvalue weighted by atomic mass is 16.5. The molecule has 15 heavy (non-hydrogen) atoms. The van der Waals surface area contributed by atoms with E-state index in [4.69, 9.17) is 4.74 Å². The Morgan fingerprint density at radius 2 is 2.13 bits per heavy atom. The van der Waals surface area contributed by atoms with Crippen molar-refractivity contribution in [2.75, 3.05) is 6.61 Å². The van der Waals surface area contributed by atoms with E-state index in [1.165, 1.54) is 0 Å². The maximum Gasteiger partial charge on any atom is 0.333 e. The van der Waals surface area contributed by atoms with Gasteiger partial charge in [-0.3, -0.25) is 0 Å². The van der Waals surface area contributed by atoms with Gasteiger partial charge in [0.15, 0.2) is 0 Å². The summed E-state index contributed by atoms with van der Waals surface area (Å²) in [6.45, 7) is 9.08. The largest absolute Gasteiger partial charge is 0.461 e. The molecule has 0 aromatic heterocycles. The van der Waals surface area contributed by atoms with Gasteiger partial charge in [0.05, 0.1) is 5.41 Å². The molecule has 0 fully saturated rings. The molecule has 0 aliphatic carbocycles. The summed E-state index contributed by atoms with van der Waals surface area (Å²) in [5, 5.41) is 0. The maximum absolute atomic E-state index is 11.1. The fraction of sp³-hybridized carbons (Fsp3) is 0.667. The molecule has 0 rings (SSSR count). The lowest BCUT2D eigenvalue weighted by molar-refractivity contribution is -0.143. The van der Waals surface area contributed by atoms with Crippen molar-refractivity contribution >= 4 is 12.3 Å². The zero-order valence-electron chi connectivity index (χ0n) is 9.84. The van der Waals surface area contributed by atoms with E-state index in [1.54, 1.807) is 13.8 Å². The van der Waals surface area contributed by atoms with Gasteiger partial charge >= 0.3 is 5.97 Å². The van der Waals surface area contributed by atoms with Crippen LogP contribution in [-0.2, 0) is 14.3 Å². The summed E-state index contributed by atoms with van der Waals surface area (Å²) in [5.41, 5.74) is -0.194. The summed E-state index contributed by atoms with van der Waals surface area (Å²) < 4.78 is 4.99. The second-order valence-electron chi connectivity index (χ2n) is 4.23. The van der Waals surface area contributed by atoms with Gasteiger partial charge in [0.25, 0.3) is 0 Å². The van der Waals surface area contributed by atoms with Crippen LogP contribution in [0.15, 0.2) is 12.2 Å². The molecule has 1 atom stereocenters. The average molecular weight is 212 g/mol. The highest BCUT2D eigenvalue weighted by Crippen LogP contribution is 2.22. The van der Waals surface area contributed by atoms with Gasteiger partial charge in [0, 0.05) is 5.57 Å². The standard InChI is InChI=1S/C12H20O3/c1-5-6-7-12(4,8-13)9-15-11(14)10(2)3/h8H,2,5-7,9H2,1,3-4H3. The van der Waals surface area contributed by atoms with E-state index < -0.39 is 11.4 Å². The number of unbranched alkanes of at least 4 members (excludes halogenated alkanes) is 1. The fourth-order valence-electron chi connectivity index (χ4n) is 1.10. The Morgan fingerprint density at radius 1 is 1.53 bits per heavy atom. The van der Waals surface area contributed by atoms with E-state index in [9.17, 15) is 9.59 Å². The number of rotatable bonds is 7. The van der Waals surface area contributed by atoms with Crippen LogP contribution in [0.5, 0.6) is 0 Å². The van der Waals surface area contributed by atoms with E-state index in [0.717, 1.165) is 25.5 Å². The van der Waals surface area contributed by atoms with Crippen LogP contribution in [0, 0.1) is 5.41 Å². The molecule has 86 valence electrons. The van der Waals surface area contributed by atoms with Crippen LogP contribution in [0.4, 0.5) is 0 Å². The third kappa shape index (κ3) is 5.35. The van der Waals surface area contributed by atoms with Crippen molar-refractivity contribution in [3.63, 3.8) is 0 Å². The van der Waals surface area contributed by atoms with E-state index >= 15 is 0 Å². The molecule has 1 unspecified atom stereocenters. The van der Waals surface area contributed by atoms with Gasteiger partial charge in [-0.2, -0.15) is 0 Å². The minimum Gasteiger partial charge on any atom is -0.461 e. The monoisotopic (exact) mass is 212 g/mol. The predicted octanol–water partition coefficient (Wildman–Crippen LogP) is 2.50. The number of carbonyl (C=O) groups excluding carboxylic acids is 2. The molecular formula is C12H20O3. The van der Waals surface area contributed by atoms with Crippen LogP contribution in [0.2, 0.25) is 0 Å². The summed E-state index contributed by atoms with van der Waals surface area (Å²) in [6, 6.07) is 0. The molecule has 0 spiro atoms. The average Bonchev–Trinajstić information content (AvgIpc) is 2.22. The van der Waals surface area contributed by atoms with Crippen molar-refractivity contribution in [1.29, 1.82) is 0 Å².